The van der Waals surface area contributed by atoms with Gasteiger partial charge in [-0.05, 0) is 67.6 Å². The summed E-state index contributed by atoms with van der Waals surface area (Å²) in [5.74, 6) is 3.45. The number of nitrogens with zero attached hydrogens (tertiary/aromatic N) is 3. The number of thioether (sulfide) groups is 1. The molecule has 4 aromatic rings. The van der Waals surface area contributed by atoms with Crippen molar-refractivity contribution in [2.24, 2.45) is 0 Å². The number of carbonyl (C=O) groups is 1. The zero-order valence-corrected chi connectivity index (χ0v) is 21.3. The number of methoxy groups -OCH3 is 1. The molecule has 0 bridgehead atoms. The van der Waals surface area contributed by atoms with E-state index in [1.54, 1.807) is 25.3 Å². The highest BCUT2D eigenvalue weighted by Crippen LogP contribution is 2.33. The molecule has 0 fully saturated rings. The van der Waals surface area contributed by atoms with E-state index in [9.17, 15) is 4.79 Å². The first kappa shape index (κ1) is 24.5. The summed E-state index contributed by atoms with van der Waals surface area (Å²) >= 11 is 1.30. The van der Waals surface area contributed by atoms with E-state index in [-0.39, 0.29) is 11.7 Å². The van der Waals surface area contributed by atoms with Gasteiger partial charge in [0, 0.05) is 23.0 Å². The third-order valence-corrected chi connectivity index (χ3v) is 6.47. The van der Waals surface area contributed by atoms with Gasteiger partial charge in [0.25, 0.3) is 0 Å². The number of rotatable bonds is 9. The smallest absolute Gasteiger partial charge is 0.234 e. The molecule has 190 valence electrons. The lowest BCUT2D eigenvalue weighted by Crippen LogP contribution is -2.17. The fourth-order valence-electron chi connectivity index (χ4n) is 3.83. The lowest BCUT2D eigenvalue weighted by Gasteiger charge is -2.19. The Morgan fingerprint density at radius 3 is 2.43 bits per heavy atom. The van der Waals surface area contributed by atoms with Gasteiger partial charge in [-0.3, -0.25) is 9.36 Å². The molecule has 0 atom stereocenters. The molecule has 1 aliphatic heterocycles. The summed E-state index contributed by atoms with van der Waals surface area (Å²) in [5, 5.41) is 12.3. The van der Waals surface area contributed by atoms with E-state index < -0.39 is 0 Å². The normalized spacial score (nSPS) is 12.2. The van der Waals surface area contributed by atoms with Gasteiger partial charge in [0.15, 0.2) is 22.5 Å². The van der Waals surface area contributed by atoms with E-state index in [4.69, 9.17) is 18.9 Å². The third-order valence-electron chi connectivity index (χ3n) is 5.55. The predicted octanol–water partition coefficient (Wildman–Crippen LogP) is 4.84. The van der Waals surface area contributed by atoms with Crippen molar-refractivity contribution < 1.29 is 23.7 Å². The molecule has 5 rings (SSSR count). The van der Waals surface area contributed by atoms with Crippen molar-refractivity contribution in [2.75, 3.05) is 38.0 Å². The molecule has 0 spiro atoms. The Bertz CT molecular complexity index is 1370. The number of aromatic nitrogens is 3. The Morgan fingerprint density at radius 1 is 0.973 bits per heavy atom. The van der Waals surface area contributed by atoms with Crippen LogP contribution in [0.4, 0.5) is 5.69 Å². The zero-order chi connectivity index (χ0) is 25.6. The van der Waals surface area contributed by atoms with Crippen molar-refractivity contribution in [1.29, 1.82) is 0 Å². The van der Waals surface area contributed by atoms with Gasteiger partial charge in [0.2, 0.25) is 5.91 Å². The Kier molecular flexibility index (Phi) is 7.46. The van der Waals surface area contributed by atoms with Crippen LogP contribution in [0.2, 0.25) is 0 Å². The van der Waals surface area contributed by atoms with E-state index in [1.165, 1.54) is 11.8 Å². The average Bonchev–Trinajstić information content (AvgIpc) is 3.36. The van der Waals surface area contributed by atoms with Gasteiger partial charge in [0.1, 0.15) is 24.7 Å². The second-order valence-electron chi connectivity index (χ2n) is 7.99. The maximum atomic E-state index is 12.8. The summed E-state index contributed by atoms with van der Waals surface area (Å²) < 4.78 is 24.0. The van der Waals surface area contributed by atoms with Gasteiger partial charge < -0.3 is 24.3 Å². The minimum absolute atomic E-state index is 0.145. The van der Waals surface area contributed by atoms with Gasteiger partial charge in [-0.1, -0.05) is 11.8 Å². The molecule has 0 radical (unpaired) electrons. The van der Waals surface area contributed by atoms with Crippen LogP contribution in [0.15, 0.2) is 71.9 Å². The number of benzene rings is 3. The molecule has 0 saturated heterocycles. The maximum absolute atomic E-state index is 12.8. The number of amides is 1. The lowest BCUT2D eigenvalue weighted by molar-refractivity contribution is -0.113. The number of ether oxygens (including phenoxy) is 4. The zero-order valence-electron chi connectivity index (χ0n) is 20.5. The van der Waals surface area contributed by atoms with Crippen LogP contribution < -0.4 is 24.3 Å². The first-order valence-electron chi connectivity index (χ1n) is 11.8. The third kappa shape index (κ3) is 5.64. The molecule has 0 aliphatic carbocycles. The van der Waals surface area contributed by atoms with Crippen LogP contribution in [0.25, 0.3) is 17.1 Å². The molecule has 37 heavy (non-hydrogen) atoms. The molecule has 0 unspecified atom stereocenters. The summed E-state index contributed by atoms with van der Waals surface area (Å²) in [5.41, 5.74) is 2.37. The van der Waals surface area contributed by atoms with E-state index in [0.717, 1.165) is 22.7 Å². The van der Waals surface area contributed by atoms with E-state index in [2.05, 4.69) is 15.5 Å². The fraction of sp³-hybridized carbons (Fsp3) is 0.222. The molecular weight excluding hydrogens is 492 g/mol. The van der Waals surface area contributed by atoms with Crippen LogP contribution in [-0.2, 0) is 4.79 Å². The molecule has 10 heteroatoms. The topological polar surface area (TPSA) is 96.7 Å². The van der Waals surface area contributed by atoms with Crippen LogP contribution in [0.3, 0.4) is 0 Å². The van der Waals surface area contributed by atoms with Gasteiger partial charge in [-0.25, -0.2) is 0 Å². The standard InChI is InChI=1S/C27H26N4O5S/c1-3-34-22-11-7-20(8-12-22)31-26(18-4-9-21(33-2)10-5-18)29-30-27(31)37-17-25(32)28-19-6-13-23-24(16-19)36-15-14-35-23/h4-13,16H,3,14-15,17H2,1-2H3,(H,28,32). The summed E-state index contributed by atoms with van der Waals surface area (Å²) in [6.45, 7) is 3.53. The summed E-state index contributed by atoms with van der Waals surface area (Å²) in [6, 6.07) is 20.7. The first-order valence-corrected chi connectivity index (χ1v) is 12.8. The summed E-state index contributed by atoms with van der Waals surface area (Å²) in [4.78, 5) is 12.8. The first-order chi connectivity index (χ1) is 18.1. The molecule has 3 aromatic carbocycles. The monoisotopic (exact) mass is 518 g/mol. The van der Waals surface area contributed by atoms with Gasteiger partial charge >= 0.3 is 0 Å². The maximum Gasteiger partial charge on any atom is 0.234 e. The minimum Gasteiger partial charge on any atom is -0.497 e. The van der Waals surface area contributed by atoms with Crippen LogP contribution in [0.1, 0.15) is 6.92 Å². The molecule has 9 nitrogen and oxygen atoms in total. The Morgan fingerprint density at radius 2 is 1.70 bits per heavy atom. The average molecular weight is 519 g/mol. The molecule has 2 heterocycles. The Balaban J connectivity index is 1.37. The van der Waals surface area contributed by atoms with Gasteiger partial charge in [-0.15, -0.1) is 10.2 Å². The van der Waals surface area contributed by atoms with Crippen LogP contribution in [-0.4, -0.2) is 53.4 Å². The predicted molar refractivity (Wildman–Crippen MR) is 141 cm³/mol. The lowest BCUT2D eigenvalue weighted by atomic mass is 10.2. The summed E-state index contributed by atoms with van der Waals surface area (Å²) in [7, 11) is 1.63. The molecule has 1 N–H and O–H groups in total. The highest BCUT2D eigenvalue weighted by Gasteiger charge is 2.18. The van der Waals surface area contributed by atoms with Crippen molar-refractivity contribution in [1.82, 2.24) is 14.8 Å². The number of nitrogens with one attached hydrogen (secondary N) is 1. The molecule has 1 aromatic heterocycles. The van der Waals surface area contributed by atoms with E-state index in [1.807, 2.05) is 60.0 Å². The SMILES string of the molecule is CCOc1ccc(-n2c(SCC(=O)Nc3ccc4c(c3)OCCO4)nnc2-c2ccc(OC)cc2)cc1. The van der Waals surface area contributed by atoms with Crippen molar-refractivity contribution in [2.45, 2.75) is 12.1 Å². The largest absolute Gasteiger partial charge is 0.497 e. The van der Waals surface area contributed by atoms with E-state index >= 15 is 0 Å². The van der Waals surface area contributed by atoms with Crippen LogP contribution >= 0.6 is 11.8 Å². The van der Waals surface area contributed by atoms with Gasteiger partial charge in [0.05, 0.1) is 19.5 Å². The molecular formula is C27H26N4O5S. The Hall–Kier alpha value is -4.18. The Labute approximate surface area is 218 Å². The molecule has 1 amide bonds. The van der Waals surface area contributed by atoms with Gasteiger partial charge in [-0.2, -0.15) is 0 Å². The van der Waals surface area contributed by atoms with E-state index in [0.29, 0.717) is 48.0 Å². The second-order valence-corrected chi connectivity index (χ2v) is 8.93. The second kappa shape index (κ2) is 11.3. The highest BCUT2D eigenvalue weighted by atomic mass is 32.2. The van der Waals surface area contributed by atoms with Crippen LogP contribution in [0, 0.1) is 0 Å². The number of hydrogen-bond acceptors (Lipinski definition) is 8. The minimum atomic E-state index is -0.172. The molecule has 0 saturated carbocycles. The number of hydrogen-bond donors (Lipinski definition) is 1. The number of fused-ring (bicyclic) bond motifs is 1. The highest BCUT2D eigenvalue weighted by molar-refractivity contribution is 7.99. The number of anilines is 1. The number of carbonyl (C=O) groups excluding carboxylic acids is 1. The van der Waals surface area contributed by atoms with Crippen LogP contribution in [0.5, 0.6) is 23.0 Å². The van der Waals surface area contributed by atoms with Crippen molar-refractivity contribution in [3.05, 3.63) is 66.7 Å². The van der Waals surface area contributed by atoms with Crippen molar-refractivity contribution in [3.8, 4) is 40.1 Å². The summed E-state index contributed by atoms with van der Waals surface area (Å²) in [6.07, 6.45) is 0. The molecule has 1 aliphatic rings. The van der Waals surface area contributed by atoms with Crippen molar-refractivity contribution in [3.63, 3.8) is 0 Å². The quantitative estimate of drug-likeness (QED) is 0.314. The fourth-order valence-corrected chi connectivity index (χ4v) is 4.58. The van der Waals surface area contributed by atoms with Crippen molar-refractivity contribution >= 4 is 23.4 Å².